The maximum Gasteiger partial charge on any atom is 0.243 e. The van der Waals surface area contributed by atoms with Crippen LogP contribution in [0, 0.1) is 6.92 Å². The van der Waals surface area contributed by atoms with Crippen molar-refractivity contribution in [3.63, 3.8) is 0 Å². The van der Waals surface area contributed by atoms with E-state index in [0.717, 1.165) is 24.8 Å². The molecule has 4 nitrogen and oxygen atoms in total. The largest absolute Gasteiger partial charge is 0.350 e. The molecular formula is C16H19N3O. The minimum Gasteiger partial charge on any atom is -0.350 e. The number of hydrogen-bond donors (Lipinski definition) is 1. The molecule has 0 radical (unpaired) electrons. The van der Waals surface area contributed by atoms with Gasteiger partial charge in [-0.3, -0.25) is 4.79 Å². The quantitative estimate of drug-likeness (QED) is 0.871. The van der Waals surface area contributed by atoms with Crippen LogP contribution in [0.2, 0.25) is 0 Å². The Labute approximate surface area is 118 Å². The fourth-order valence-electron chi connectivity index (χ4n) is 3.03. The van der Waals surface area contributed by atoms with E-state index in [1.54, 1.807) is 0 Å². The number of carbonyl (C=O) groups excluding carboxylic acids is 1. The Bertz CT molecular complexity index is 659. The zero-order valence-corrected chi connectivity index (χ0v) is 11.7. The minimum absolute atomic E-state index is 0.0817. The Balaban J connectivity index is 1.79. The standard InChI is InChI=1S/C16H19N3O/c1-3-16(20)18-12-5-6-13(9-12)19-10-17-14-8-11(2)4-7-15(14)19/h3-4,7-8,10,12-13H,1,5-6,9H2,2H3,(H,18,20)/t12-,13+/m1/s1. The van der Waals surface area contributed by atoms with E-state index < -0.39 is 0 Å². The second-order valence-electron chi connectivity index (χ2n) is 5.52. The van der Waals surface area contributed by atoms with Crippen LogP contribution < -0.4 is 5.32 Å². The molecule has 1 amide bonds. The van der Waals surface area contributed by atoms with Crippen molar-refractivity contribution < 1.29 is 4.79 Å². The first kappa shape index (κ1) is 12.9. The molecule has 1 N–H and O–H groups in total. The maximum atomic E-state index is 11.4. The molecule has 0 spiro atoms. The van der Waals surface area contributed by atoms with Crippen LogP contribution in [0.15, 0.2) is 37.2 Å². The van der Waals surface area contributed by atoms with Crippen molar-refractivity contribution in [2.45, 2.75) is 38.3 Å². The van der Waals surface area contributed by atoms with E-state index in [1.807, 2.05) is 6.33 Å². The molecule has 2 aromatic rings. The summed E-state index contributed by atoms with van der Waals surface area (Å²) in [6.45, 7) is 5.57. The van der Waals surface area contributed by atoms with Gasteiger partial charge < -0.3 is 9.88 Å². The van der Waals surface area contributed by atoms with Crippen molar-refractivity contribution in [1.29, 1.82) is 0 Å². The minimum atomic E-state index is -0.0817. The molecule has 0 aliphatic heterocycles. The molecule has 2 atom stereocenters. The van der Waals surface area contributed by atoms with E-state index in [9.17, 15) is 4.79 Å². The summed E-state index contributed by atoms with van der Waals surface area (Å²) >= 11 is 0. The van der Waals surface area contributed by atoms with Crippen molar-refractivity contribution in [2.75, 3.05) is 0 Å². The highest BCUT2D eigenvalue weighted by Gasteiger charge is 2.27. The number of hydrogen-bond acceptors (Lipinski definition) is 2. The Kier molecular flexibility index (Phi) is 3.30. The predicted molar refractivity (Wildman–Crippen MR) is 79.5 cm³/mol. The van der Waals surface area contributed by atoms with Gasteiger partial charge in [-0.05, 0) is 50.0 Å². The van der Waals surface area contributed by atoms with E-state index >= 15 is 0 Å². The Morgan fingerprint density at radius 1 is 1.50 bits per heavy atom. The first-order valence-corrected chi connectivity index (χ1v) is 7.03. The van der Waals surface area contributed by atoms with Gasteiger partial charge in [0.1, 0.15) is 0 Å². The van der Waals surface area contributed by atoms with Gasteiger partial charge in [-0.1, -0.05) is 12.6 Å². The molecule has 104 valence electrons. The van der Waals surface area contributed by atoms with Crippen LogP contribution in [0.5, 0.6) is 0 Å². The molecule has 0 bridgehead atoms. The third-order valence-corrected chi connectivity index (χ3v) is 4.06. The first-order chi connectivity index (χ1) is 9.67. The van der Waals surface area contributed by atoms with Gasteiger partial charge in [0, 0.05) is 12.1 Å². The van der Waals surface area contributed by atoms with Gasteiger partial charge in [-0.15, -0.1) is 0 Å². The van der Waals surface area contributed by atoms with Gasteiger partial charge in [-0.25, -0.2) is 4.98 Å². The van der Waals surface area contributed by atoms with Crippen LogP contribution in [0.25, 0.3) is 11.0 Å². The molecule has 0 saturated heterocycles. The highest BCUT2D eigenvalue weighted by molar-refractivity contribution is 5.87. The van der Waals surface area contributed by atoms with E-state index in [2.05, 4.69) is 46.6 Å². The Morgan fingerprint density at radius 2 is 2.35 bits per heavy atom. The van der Waals surface area contributed by atoms with E-state index in [0.29, 0.717) is 6.04 Å². The molecule has 1 saturated carbocycles. The number of nitrogens with zero attached hydrogens (tertiary/aromatic N) is 2. The van der Waals surface area contributed by atoms with Gasteiger partial charge in [0.2, 0.25) is 5.91 Å². The number of fused-ring (bicyclic) bond motifs is 1. The number of nitrogens with one attached hydrogen (secondary N) is 1. The van der Waals surface area contributed by atoms with Gasteiger partial charge in [0.15, 0.2) is 0 Å². The number of aromatic nitrogens is 2. The second-order valence-corrected chi connectivity index (χ2v) is 5.52. The maximum absolute atomic E-state index is 11.4. The summed E-state index contributed by atoms with van der Waals surface area (Å²) in [5.41, 5.74) is 3.45. The number of imidazole rings is 1. The lowest BCUT2D eigenvalue weighted by molar-refractivity contribution is -0.117. The zero-order valence-electron chi connectivity index (χ0n) is 11.7. The third-order valence-electron chi connectivity index (χ3n) is 4.06. The molecule has 20 heavy (non-hydrogen) atoms. The first-order valence-electron chi connectivity index (χ1n) is 7.03. The van der Waals surface area contributed by atoms with Gasteiger partial charge in [-0.2, -0.15) is 0 Å². The average Bonchev–Trinajstić information content (AvgIpc) is 3.04. The van der Waals surface area contributed by atoms with Crippen LogP contribution in [0.4, 0.5) is 0 Å². The highest BCUT2D eigenvalue weighted by Crippen LogP contribution is 2.32. The number of aryl methyl sites for hydroxylation is 1. The third kappa shape index (κ3) is 2.33. The smallest absolute Gasteiger partial charge is 0.243 e. The molecule has 1 aromatic heterocycles. The Morgan fingerprint density at radius 3 is 3.15 bits per heavy atom. The van der Waals surface area contributed by atoms with Gasteiger partial charge in [0.25, 0.3) is 0 Å². The lowest BCUT2D eigenvalue weighted by Crippen LogP contribution is -2.31. The van der Waals surface area contributed by atoms with Crippen molar-refractivity contribution in [3.8, 4) is 0 Å². The Hall–Kier alpha value is -2.10. The predicted octanol–water partition coefficient (Wildman–Crippen LogP) is 2.74. The number of amides is 1. The lowest BCUT2D eigenvalue weighted by atomic mass is 10.2. The highest BCUT2D eigenvalue weighted by atomic mass is 16.1. The van der Waals surface area contributed by atoms with Crippen molar-refractivity contribution in [1.82, 2.24) is 14.9 Å². The molecule has 3 rings (SSSR count). The SMILES string of the molecule is C=CC(=O)N[C@@H]1CC[C@H](n2cnc3cc(C)ccc32)C1. The summed E-state index contributed by atoms with van der Waals surface area (Å²) in [5, 5.41) is 2.99. The van der Waals surface area contributed by atoms with Gasteiger partial charge in [0.05, 0.1) is 17.4 Å². The summed E-state index contributed by atoms with van der Waals surface area (Å²) in [7, 11) is 0. The molecular weight excluding hydrogens is 250 g/mol. The van der Waals surface area contributed by atoms with Crippen LogP contribution >= 0.6 is 0 Å². The lowest BCUT2D eigenvalue weighted by Gasteiger charge is -2.14. The number of carbonyl (C=O) groups is 1. The van der Waals surface area contributed by atoms with Crippen LogP contribution in [0.1, 0.15) is 30.9 Å². The van der Waals surface area contributed by atoms with Crippen molar-refractivity contribution in [3.05, 3.63) is 42.7 Å². The average molecular weight is 269 g/mol. The molecule has 1 aromatic carbocycles. The molecule has 4 heteroatoms. The van der Waals surface area contributed by atoms with Crippen LogP contribution in [-0.4, -0.2) is 21.5 Å². The number of benzene rings is 1. The zero-order chi connectivity index (χ0) is 14.1. The molecule has 1 aliphatic carbocycles. The topological polar surface area (TPSA) is 46.9 Å². The molecule has 0 unspecified atom stereocenters. The molecule has 1 fully saturated rings. The van der Waals surface area contributed by atoms with E-state index in [4.69, 9.17) is 0 Å². The summed E-state index contributed by atoms with van der Waals surface area (Å²) in [6.07, 6.45) is 6.30. The van der Waals surface area contributed by atoms with Gasteiger partial charge >= 0.3 is 0 Å². The summed E-state index contributed by atoms with van der Waals surface area (Å²) in [4.78, 5) is 15.8. The van der Waals surface area contributed by atoms with E-state index in [-0.39, 0.29) is 11.9 Å². The molecule has 1 heterocycles. The molecule has 1 aliphatic rings. The van der Waals surface area contributed by atoms with Crippen LogP contribution in [-0.2, 0) is 4.79 Å². The fourth-order valence-corrected chi connectivity index (χ4v) is 3.03. The summed E-state index contributed by atoms with van der Waals surface area (Å²) in [6, 6.07) is 7.02. The second kappa shape index (κ2) is 5.12. The van der Waals surface area contributed by atoms with Crippen LogP contribution in [0.3, 0.4) is 0 Å². The fraction of sp³-hybridized carbons (Fsp3) is 0.375. The van der Waals surface area contributed by atoms with Crippen molar-refractivity contribution >= 4 is 16.9 Å². The number of rotatable bonds is 3. The van der Waals surface area contributed by atoms with E-state index in [1.165, 1.54) is 17.2 Å². The summed E-state index contributed by atoms with van der Waals surface area (Å²) < 4.78 is 2.24. The summed E-state index contributed by atoms with van der Waals surface area (Å²) in [5.74, 6) is -0.0817. The normalized spacial score (nSPS) is 22.1. The monoisotopic (exact) mass is 269 g/mol. The van der Waals surface area contributed by atoms with Crippen molar-refractivity contribution in [2.24, 2.45) is 0 Å².